The molecule has 2 heterocycles. The highest BCUT2D eigenvalue weighted by Gasteiger charge is 2.45. The summed E-state index contributed by atoms with van der Waals surface area (Å²) in [4.78, 5) is 14.2. The van der Waals surface area contributed by atoms with Crippen molar-refractivity contribution in [2.75, 3.05) is 13.1 Å². The zero-order valence-corrected chi connectivity index (χ0v) is 15.8. The number of piperidine rings is 1. The Morgan fingerprint density at radius 3 is 2.42 bits per heavy atom. The zero-order valence-electron chi connectivity index (χ0n) is 15.8. The Hall–Kier alpha value is -1.52. The Kier molecular flexibility index (Phi) is 4.39. The molecule has 5 nitrogen and oxygen atoms in total. The molecule has 0 aromatic carbocycles. The first-order valence-corrected chi connectivity index (χ1v) is 9.36. The molecule has 1 spiro atoms. The lowest BCUT2D eigenvalue weighted by Crippen LogP contribution is -2.46. The van der Waals surface area contributed by atoms with Gasteiger partial charge < -0.3 is 9.64 Å². The van der Waals surface area contributed by atoms with Crippen LogP contribution in [0, 0.1) is 0 Å². The molecule has 24 heavy (non-hydrogen) atoms. The number of aryl methyl sites for hydroxylation is 1. The molecule has 1 aromatic heterocycles. The highest BCUT2D eigenvalue weighted by atomic mass is 16.6. The summed E-state index contributed by atoms with van der Waals surface area (Å²) in [5.41, 5.74) is 3.98. The van der Waals surface area contributed by atoms with E-state index >= 15 is 0 Å². The Labute approximate surface area is 145 Å². The van der Waals surface area contributed by atoms with Crippen molar-refractivity contribution >= 4 is 6.09 Å². The molecule has 1 aromatic rings. The lowest BCUT2D eigenvalue weighted by molar-refractivity contribution is 0.0161. The van der Waals surface area contributed by atoms with Crippen LogP contribution in [-0.2, 0) is 29.5 Å². The lowest BCUT2D eigenvalue weighted by atomic mass is 9.76. The number of carbonyl (C=O) groups is 1. The van der Waals surface area contributed by atoms with Gasteiger partial charge in [0.1, 0.15) is 5.60 Å². The van der Waals surface area contributed by atoms with Crippen LogP contribution >= 0.6 is 0 Å². The van der Waals surface area contributed by atoms with Crippen molar-refractivity contribution in [1.29, 1.82) is 0 Å². The monoisotopic (exact) mass is 333 g/mol. The van der Waals surface area contributed by atoms with Crippen LogP contribution in [0.4, 0.5) is 4.79 Å². The lowest BCUT2D eigenvalue weighted by Gasteiger charge is -2.39. The molecule has 0 unspecified atom stereocenters. The molecule has 1 saturated heterocycles. The quantitative estimate of drug-likeness (QED) is 0.829. The fourth-order valence-electron chi connectivity index (χ4n) is 4.29. The van der Waals surface area contributed by atoms with Gasteiger partial charge in [-0.1, -0.05) is 6.92 Å². The number of ether oxygens (including phenoxy) is 1. The third kappa shape index (κ3) is 2.93. The number of rotatable bonds is 2. The molecule has 5 heteroatoms. The van der Waals surface area contributed by atoms with Gasteiger partial charge in [-0.05, 0) is 65.4 Å². The molecule has 0 saturated carbocycles. The number of nitrogens with zero attached hydrogens (tertiary/aromatic N) is 3. The van der Waals surface area contributed by atoms with Gasteiger partial charge in [0.05, 0.1) is 5.69 Å². The molecule has 0 atom stereocenters. The first-order valence-electron chi connectivity index (χ1n) is 9.36. The van der Waals surface area contributed by atoms with Crippen LogP contribution in [0.5, 0.6) is 0 Å². The van der Waals surface area contributed by atoms with Gasteiger partial charge in [0.15, 0.2) is 0 Å². The van der Waals surface area contributed by atoms with E-state index in [1.807, 2.05) is 25.7 Å². The summed E-state index contributed by atoms with van der Waals surface area (Å²) in [5, 5.41) is 4.97. The van der Waals surface area contributed by atoms with Crippen LogP contribution in [-0.4, -0.2) is 39.5 Å². The van der Waals surface area contributed by atoms with Crippen LogP contribution in [0.2, 0.25) is 0 Å². The topological polar surface area (TPSA) is 47.4 Å². The number of hydrogen-bond acceptors (Lipinski definition) is 3. The molecule has 3 rings (SSSR count). The minimum atomic E-state index is -0.428. The Morgan fingerprint density at radius 2 is 1.88 bits per heavy atom. The summed E-state index contributed by atoms with van der Waals surface area (Å²) in [7, 11) is 0. The molecule has 1 aliphatic heterocycles. The molecule has 134 valence electrons. The number of amides is 1. The second-order valence-corrected chi connectivity index (χ2v) is 8.19. The smallest absolute Gasteiger partial charge is 0.410 e. The zero-order chi connectivity index (χ0) is 17.5. The maximum absolute atomic E-state index is 12.3. The van der Waals surface area contributed by atoms with E-state index in [-0.39, 0.29) is 11.5 Å². The third-order valence-electron chi connectivity index (χ3n) is 5.53. The number of carbonyl (C=O) groups excluding carboxylic acids is 1. The van der Waals surface area contributed by atoms with Crippen molar-refractivity contribution in [2.45, 2.75) is 84.3 Å². The Bertz CT molecular complexity index is 619. The van der Waals surface area contributed by atoms with E-state index in [2.05, 4.69) is 18.5 Å². The molecule has 0 bridgehead atoms. The van der Waals surface area contributed by atoms with Crippen molar-refractivity contribution in [3.05, 3.63) is 17.0 Å². The van der Waals surface area contributed by atoms with E-state index < -0.39 is 5.60 Å². The van der Waals surface area contributed by atoms with Crippen LogP contribution in [0.3, 0.4) is 0 Å². The van der Waals surface area contributed by atoms with E-state index in [0.29, 0.717) is 0 Å². The summed E-state index contributed by atoms with van der Waals surface area (Å²) in [6.45, 7) is 12.6. The molecule has 2 aliphatic rings. The summed E-state index contributed by atoms with van der Waals surface area (Å²) in [6, 6.07) is 0. The van der Waals surface area contributed by atoms with E-state index in [1.54, 1.807) is 0 Å². The fraction of sp³-hybridized carbons (Fsp3) is 0.789. The minimum absolute atomic E-state index is 0.177. The van der Waals surface area contributed by atoms with Crippen molar-refractivity contribution in [3.8, 4) is 0 Å². The number of hydrogen-bond donors (Lipinski definition) is 0. The highest BCUT2D eigenvalue weighted by molar-refractivity contribution is 5.68. The van der Waals surface area contributed by atoms with Crippen molar-refractivity contribution in [1.82, 2.24) is 14.7 Å². The predicted octanol–water partition coefficient (Wildman–Crippen LogP) is 3.68. The van der Waals surface area contributed by atoms with E-state index in [1.165, 1.54) is 23.4 Å². The van der Waals surface area contributed by atoms with Gasteiger partial charge in [-0.15, -0.1) is 0 Å². The number of aromatic nitrogens is 2. The first-order chi connectivity index (χ1) is 11.3. The van der Waals surface area contributed by atoms with E-state index in [9.17, 15) is 4.79 Å². The highest BCUT2D eigenvalue weighted by Crippen LogP contribution is 2.46. The third-order valence-corrected chi connectivity index (χ3v) is 5.53. The van der Waals surface area contributed by atoms with Gasteiger partial charge in [-0.25, -0.2) is 4.79 Å². The maximum Gasteiger partial charge on any atom is 0.410 e. The largest absolute Gasteiger partial charge is 0.444 e. The Morgan fingerprint density at radius 1 is 1.21 bits per heavy atom. The Balaban J connectivity index is 1.74. The SMILES string of the molecule is CCc1c2c(nn1CC)C1(CC2)CCN(C(=O)OC(C)(C)C)CC1. The van der Waals surface area contributed by atoms with Gasteiger partial charge in [0.25, 0.3) is 0 Å². The van der Waals surface area contributed by atoms with Gasteiger partial charge in [-0.2, -0.15) is 5.10 Å². The molecule has 0 N–H and O–H groups in total. The predicted molar refractivity (Wildman–Crippen MR) is 94.3 cm³/mol. The number of fused-ring (bicyclic) bond motifs is 2. The molecule has 1 fully saturated rings. The van der Waals surface area contributed by atoms with Gasteiger partial charge in [-0.3, -0.25) is 4.68 Å². The standard InChI is InChI=1S/C19H31N3O2/c1-6-15-14-8-9-19(16(14)20-22(15)7-2)10-12-21(13-11-19)17(23)24-18(3,4)5/h6-13H2,1-5H3. The molecule has 1 aliphatic carbocycles. The van der Waals surface area contributed by atoms with E-state index in [4.69, 9.17) is 9.84 Å². The van der Waals surface area contributed by atoms with Gasteiger partial charge in [0.2, 0.25) is 0 Å². The summed E-state index contributed by atoms with van der Waals surface area (Å²) < 4.78 is 7.71. The van der Waals surface area contributed by atoms with Gasteiger partial charge in [0, 0.05) is 30.7 Å². The molecule has 1 amide bonds. The van der Waals surface area contributed by atoms with Gasteiger partial charge >= 0.3 is 6.09 Å². The summed E-state index contributed by atoms with van der Waals surface area (Å²) in [6.07, 6.45) is 5.21. The number of likely N-dealkylation sites (tertiary alicyclic amines) is 1. The molecule has 0 radical (unpaired) electrons. The van der Waals surface area contributed by atoms with Crippen LogP contribution in [0.1, 0.15) is 70.8 Å². The molecular formula is C19H31N3O2. The minimum Gasteiger partial charge on any atom is -0.444 e. The van der Waals surface area contributed by atoms with Crippen molar-refractivity contribution < 1.29 is 9.53 Å². The average molecular weight is 333 g/mol. The average Bonchev–Trinajstić information content (AvgIpc) is 3.04. The van der Waals surface area contributed by atoms with Crippen molar-refractivity contribution in [2.24, 2.45) is 0 Å². The summed E-state index contributed by atoms with van der Waals surface area (Å²) >= 11 is 0. The second kappa shape index (κ2) is 6.08. The van der Waals surface area contributed by atoms with E-state index in [0.717, 1.165) is 45.3 Å². The van der Waals surface area contributed by atoms with Crippen LogP contribution in [0.25, 0.3) is 0 Å². The maximum atomic E-state index is 12.3. The second-order valence-electron chi connectivity index (χ2n) is 8.19. The van der Waals surface area contributed by atoms with Crippen molar-refractivity contribution in [3.63, 3.8) is 0 Å². The van der Waals surface area contributed by atoms with Crippen LogP contribution in [0.15, 0.2) is 0 Å². The summed E-state index contributed by atoms with van der Waals surface area (Å²) in [5.74, 6) is 0. The molecular weight excluding hydrogens is 302 g/mol. The fourth-order valence-corrected chi connectivity index (χ4v) is 4.29. The normalized spacial score (nSPS) is 19.6. The first kappa shape index (κ1) is 17.3. The van der Waals surface area contributed by atoms with Crippen LogP contribution < -0.4 is 0 Å².